The van der Waals surface area contributed by atoms with Crippen molar-refractivity contribution in [1.29, 1.82) is 0 Å². The molecule has 0 aliphatic carbocycles. The van der Waals surface area contributed by atoms with E-state index in [2.05, 4.69) is 15.6 Å². The fourth-order valence-electron chi connectivity index (χ4n) is 3.06. The van der Waals surface area contributed by atoms with Crippen molar-refractivity contribution in [3.8, 4) is 0 Å². The molecule has 3 N–H and O–H groups in total. The van der Waals surface area contributed by atoms with Gasteiger partial charge in [-0.3, -0.25) is 19.9 Å². The third-order valence-electron chi connectivity index (χ3n) is 4.90. The average molecular weight is 410 g/mol. The lowest BCUT2D eigenvalue weighted by Gasteiger charge is -2.17. The second-order valence-corrected chi connectivity index (χ2v) is 9.12. The monoisotopic (exact) mass is 410 g/mol. The highest BCUT2D eigenvalue weighted by molar-refractivity contribution is 7.89. The first-order chi connectivity index (χ1) is 12.8. The lowest BCUT2D eigenvalue weighted by molar-refractivity contribution is -0.130. The van der Waals surface area contributed by atoms with Gasteiger partial charge >= 0.3 is 6.03 Å². The molecule has 28 heavy (non-hydrogen) atoms. The van der Waals surface area contributed by atoms with Crippen LogP contribution in [0.2, 0.25) is 0 Å². The van der Waals surface area contributed by atoms with E-state index < -0.39 is 33.4 Å². The van der Waals surface area contributed by atoms with Crippen LogP contribution in [0, 0.1) is 27.7 Å². The highest BCUT2D eigenvalue weighted by atomic mass is 32.2. The number of nitrogens with one attached hydrogen (secondary N) is 3. The lowest BCUT2D eigenvalue weighted by Crippen LogP contribution is -2.44. The largest absolute Gasteiger partial charge is 0.325 e. The fourth-order valence-corrected chi connectivity index (χ4v) is 4.53. The smallest absolute Gasteiger partial charge is 0.324 e. The van der Waals surface area contributed by atoms with Crippen LogP contribution in [-0.2, 0) is 19.6 Å². The lowest BCUT2D eigenvalue weighted by atomic mass is 10.0. The van der Waals surface area contributed by atoms with Gasteiger partial charge in [0.25, 0.3) is 15.9 Å². The number of amides is 4. The molecule has 0 spiro atoms. The van der Waals surface area contributed by atoms with Crippen molar-refractivity contribution in [2.75, 3.05) is 6.54 Å². The molecule has 1 saturated heterocycles. The summed E-state index contributed by atoms with van der Waals surface area (Å²) in [5.74, 6) is -1.10. The first kappa shape index (κ1) is 21.8. The minimum Gasteiger partial charge on any atom is -0.324 e. The van der Waals surface area contributed by atoms with E-state index in [1.165, 1.54) is 0 Å². The van der Waals surface area contributed by atoms with Crippen molar-refractivity contribution in [3.63, 3.8) is 0 Å². The predicted molar refractivity (Wildman–Crippen MR) is 103 cm³/mol. The van der Waals surface area contributed by atoms with Crippen LogP contribution in [0.4, 0.5) is 4.79 Å². The molecule has 4 amide bonds. The summed E-state index contributed by atoms with van der Waals surface area (Å²) in [5.41, 5.74) is 3.99. The fraction of sp³-hybridized carbons (Fsp3) is 0.500. The Morgan fingerprint density at radius 2 is 1.64 bits per heavy atom. The summed E-state index contributed by atoms with van der Waals surface area (Å²) in [4.78, 5) is 39.1. The third-order valence-corrected chi connectivity index (χ3v) is 6.42. The SMILES string of the molecule is Cc1cc(C)c(C)c(S(=O)(=O)NNC(=O)CCN2C(=O)NC(C)(C)C2=O)c1C. The predicted octanol–water partition coefficient (Wildman–Crippen LogP) is 0.950. The van der Waals surface area contributed by atoms with E-state index >= 15 is 0 Å². The molecule has 0 aromatic heterocycles. The highest BCUT2D eigenvalue weighted by Crippen LogP contribution is 2.25. The van der Waals surface area contributed by atoms with Gasteiger partial charge in [0.2, 0.25) is 5.91 Å². The van der Waals surface area contributed by atoms with Gasteiger partial charge in [0.05, 0.1) is 4.90 Å². The maximum Gasteiger partial charge on any atom is 0.325 e. The number of rotatable bonds is 6. The van der Waals surface area contributed by atoms with Gasteiger partial charge in [0, 0.05) is 13.0 Å². The zero-order valence-electron chi connectivity index (χ0n) is 16.9. The van der Waals surface area contributed by atoms with E-state index in [-0.39, 0.29) is 17.9 Å². The minimum atomic E-state index is -3.98. The number of imide groups is 1. The molecule has 0 radical (unpaired) electrons. The Hall–Kier alpha value is -2.46. The quantitative estimate of drug-likeness (QED) is 0.476. The Kier molecular flexibility index (Phi) is 5.86. The molecule has 1 aliphatic heterocycles. The summed E-state index contributed by atoms with van der Waals surface area (Å²) < 4.78 is 25.4. The number of hydrogen-bond donors (Lipinski definition) is 3. The molecule has 1 heterocycles. The number of aryl methyl sites for hydroxylation is 2. The van der Waals surface area contributed by atoms with Gasteiger partial charge < -0.3 is 5.32 Å². The van der Waals surface area contributed by atoms with Crippen LogP contribution < -0.4 is 15.6 Å². The summed E-state index contributed by atoms with van der Waals surface area (Å²) in [6.45, 7) is 10.0. The number of urea groups is 1. The van der Waals surface area contributed by atoms with Crippen LogP contribution in [0.15, 0.2) is 11.0 Å². The molecule has 1 aromatic rings. The molecule has 0 bridgehead atoms. The molecule has 0 atom stereocenters. The Balaban J connectivity index is 2.03. The second kappa shape index (κ2) is 7.51. The number of hydrogen-bond acceptors (Lipinski definition) is 5. The van der Waals surface area contributed by atoms with E-state index in [1.807, 2.05) is 19.9 Å². The van der Waals surface area contributed by atoms with E-state index in [4.69, 9.17) is 0 Å². The molecule has 154 valence electrons. The van der Waals surface area contributed by atoms with Gasteiger partial charge in [-0.05, 0) is 63.8 Å². The van der Waals surface area contributed by atoms with Gasteiger partial charge in [-0.2, -0.15) is 0 Å². The van der Waals surface area contributed by atoms with Gasteiger partial charge in [-0.15, -0.1) is 4.83 Å². The molecule has 1 aromatic carbocycles. The number of sulfonamides is 1. The molecule has 9 nitrogen and oxygen atoms in total. The summed E-state index contributed by atoms with van der Waals surface area (Å²) in [5, 5.41) is 2.51. The van der Waals surface area contributed by atoms with Crippen molar-refractivity contribution in [3.05, 3.63) is 28.3 Å². The maximum absolute atomic E-state index is 12.7. The number of nitrogens with zero attached hydrogens (tertiary/aromatic N) is 1. The Morgan fingerprint density at radius 1 is 1.11 bits per heavy atom. The number of carbonyl (C=O) groups excluding carboxylic acids is 3. The standard InChI is InChI=1S/C18H26N4O5S/c1-10-9-11(2)13(4)15(12(10)3)28(26,27)21-20-14(23)7-8-22-16(24)18(5,6)19-17(22)25/h9,21H,7-8H2,1-6H3,(H,19,25)(H,20,23). The van der Waals surface area contributed by atoms with Crippen LogP contribution in [0.25, 0.3) is 0 Å². The second-order valence-electron chi connectivity index (χ2n) is 7.51. The first-order valence-electron chi connectivity index (χ1n) is 8.80. The number of benzene rings is 1. The van der Waals surface area contributed by atoms with Crippen molar-refractivity contribution in [1.82, 2.24) is 20.5 Å². The highest BCUT2D eigenvalue weighted by Gasteiger charge is 2.44. The van der Waals surface area contributed by atoms with Crippen molar-refractivity contribution in [2.45, 2.75) is 58.4 Å². The molecule has 0 unspecified atom stereocenters. The summed E-state index contributed by atoms with van der Waals surface area (Å²) in [6.07, 6.45) is -0.234. The van der Waals surface area contributed by atoms with E-state index in [0.717, 1.165) is 16.0 Å². The zero-order valence-corrected chi connectivity index (χ0v) is 17.7. The van der Waals surface area contributed by atoms with Crippen molar-refractivity contribution in [2.24, 2.45) is 0 Å². The first-order valence-corrected chi connectivity index (χ1v) is 10.3. The van der Waals surface area contributed by atoms with Crippen LogP contribution in [0.5, 0.6) is 0 Å². The van der Waals surface area contributed by atoms with Gasteiger partial charge in [0.1, 0.15) is 5.54 Å². The van der Waals surface area contributed by atoms with Gasteiger partial charge in [-0.25, -0.2) is 13.2 Å². The van der Waals surface area contributed by atoms with E-state index in [9.17, 15) is 22.8 Å². The van der Waals surface area contributed by atoms with E-state index in [1.54, 1.807) is 27.7 Å². The third kappa shape index (κ3) is 4.17. The van der Waals surface area contributed by atoms with Crippen molar-refractivity contribution < 1.29 is 22.8 Å². The molecule has 1 aliphatic rings. The Morgan fingerprint density at radius 3 is 2.11 bits per heavy atom. The van der Waals surface area contributed by atoms with Crippen LogP contribution in [-0.4, -0.2) is 43.2 Å². The summed E-state index contributed by atoms with van der Waals surface area (Å²) >= 11 is 0. The molecular weight excluding hydrogens is 384 g/mol. The zero-order chi connectivity index (χ0) is 21.4. The van der Waals surface area contributed by atoms with E-state index in [0.29, 0.717) is 11.1 Å². The molecule has 2 rings (SSSR count). The maximum atomic E-state index is 12.7. The van der Waals surface area contributed by atoms with Crippen LogP contribution >= 0.6 is 0 Å². The average Bonchev–Trinajstić information content (AvgIpc) is 2.77. The molecule has 1 fully saturated rings. The van der Waals surface area contributed by atoms with Crippen LogP contribution in [0.1, 0.15) is 42.5 Å². The normalized spacial score (nSPS) is 16.3. The summed E-state index contributed by atoms with van der Waals surface area (Å²) in [7, 11) is -3.98. The topological polar surface area (TPSA) is 125 Å². The van der Waals surface area contributed by atoms with Gasteiger partial charge in [-0.1, -0.05) is 6.07 Å². The minimum absolute atomic E-state index is 0.126. The summed E-state index contributed by atoms with van der Waals surface area (Å²) in [6, 6.07) is 1.33. The molecule has 0 saturated carbocycles. The Labute approximate surface area is 164 Å². The Bertz CT molecular complexity index is 927. The number of carbonyl (C=O) groups is 3. The van der Waals surface area contributed by atoms with Gasteiger partial charge in [0.15, 0.2) is 0 Å². The van der Waals surface area contributed by atoms with Crippen LogP contribution in [0.3, 0.4) is 0 Å². The molecular formula is C18H26N4O5S. The van der Waals surface area contributed by atoms with Crippen molar-refractivity contribution >= 4 is 27.9 Å². The molecule has 10 heteroatoms. The number of hydrazine groups is 1.